The van der Waals surface area contributed by atoms with Gasteiger partial charge in [-0.3, -0.25) is 0 Å². The zero-order valence-corrected chi connectivity index (χ0v) is 5.59. The van der Waals surface area contributed by atoms with Gasteiger partial charge in [0, 0.05) is 6.07 Å². The predicted octanol–water partition coefficient (Wildman–Crippen LogP) is 0.186. The Balaban J connectivity index is 2.75. The molecule has 0 amide bonds. The van der Waals surface area contributed by atoms with Crippen molar-refractivity contribution in [2.75, 3.05) is 0 Å². The van der Waals surface area contributed by atoms with E-state index >= 15 is 0 Å². The molecular weight excluding hydrogens is 158 g/mol. The third-order valence-corrected chi connectivity index (χ3v) is 1.07. The van der Waals surface area contributed by atoms with E-state index in [0.717, 1.165) is 0 Å². The Morgan fingerprint density at radius 2 is 2.30 bits per heavy atom. The van der Waals surface area contributed by atoms with Gasteiger partial charge in [0.25, 0.3) is 0 Å². The monoisotopic (exact) mass is 162 g/mol. The van der Waals surface area contributed by atoms with Gasteiger partial charge in [-0.2, -0.15) is 8.42 Å². The molecule has 0 saturated carbocycles. The first kappa shape index (κ1) is 7.10. The summed E-state index contributed by atoms with van der Waals surface area (Å²) in [5.74, 6) is -0.199. The highest BCUT2D eigenvalue weighted by Crippen LogP contribution is 2.10. The van der Waals surface area contributed by atoms with Crippen molar-refractivity contribution >= 4 is 10.3 Å². The second-order valence-corrected chi connectivity index (χ2v) is 2.54. The fourth-order valence-corrected chi connectivity index (χ4v) is 0.730. The summed E-state index contributed by atoms with van der Waals surface area (Å²) in [6.45, 7) is 0. The lowest BCUT2D eigenvalue weighted by Gasteiger charge is -1.93. The standard InChI is InChI=1S/C4H4NO4S/c5-10(6,7)9-4-2-1-3-8-4/h1-3,5H. The quantitative estimate of drug-likeness (QED) is 0.621. The number of hydrogen-bond donors (Lipinski definition) is 0. The molecule has 5 nitrogen and oxygen atoms in total. The van der Waals surface area contributed by atoms with E-state index in [2.05, 4.69) is 8.60 Å². The van der Waals surface area contributed by atoms with E-state index in [1.165, 1.54) is 18.4 Å². The molecule has 1 radical (unpaired) electrons. The smallest absolute Gasteiger partial charge is 0.399 e. The van der Waals surface area contributed by atoms with Crippen molar-refractivity contribution in [3.05, 3.63) is 18.4 Å². The summed E-state index contributed by atoms with van der Waals surface area (Å²) in [7, 11) is -4.19. The average Bonchev–Trinajstić information content (AvgIpc) is 2.12. The predicted molar refractivity (Wildman–Crippen MR) is 31.4 cm³/mol. The normalized spacial score (nSPS) is 11.3. The van der Waals surface area contributed by atoms with Gasteiger partial charge in [-0.05, 0) is 6.07 Å². The van der Waals surface area contributed by atoms with Gasteiger partial charge in [-0.25, -0.2) is 0 Å². The largest absolute Gasteiger partial charge is 0.433 e. The number of furan rings is 1. The van der Waals surface area contributed by atoms with E-state index in [-0.39, 0.29) is 5.95 Å². The van der Waals surface area contributed by atoms with Crippen LogP contribution in [0.15, 0.2) is 22.8 Å². The zero-order valence-electron chi connectivity index (χ0n) is 4.77. The van der Waals surface area contributed by atoms with Gasteiger partial charge in [-0.1, -0.05) is 0 Å². The second kappa shape index (κ2) is 2.31. The van der Waals surface area contributed by atoms with Crippen LogP contribution in [0.2, 0.25) is 0 Å². The fourth-order valence-electron chi connectivity index (χ4n) is 0.419. The first-order valence-corrected chi connectivity index (χ1v) is 3.71. The van der Waals surface area contributed by atoms with Gasteiger partial charge in [0.05, 0.1) is 6.26 Å². The lowest BCUT2D eigenvalue weighted by molar-refractivity contribution is 0.382. The number of rotatable bonds is 2. The minimum absolute atomic E-state index is 0.199. The molecule has 10 heavy (non-hydrogen) atoms. The summed E-state index contributed by atoms with van der Waals surface area (Å²) in [5.41, 5.74) is 0. The summed E-state index contributed by atoms with van der Waals surface area (Å²) in [5, 5.41) is 6.30. The molecule has 0 saturated heterocycles. The minimum atomic E-state index is -4.19. The summed E-state index contributed by atoms with van der Waals surface area (Å²) >= 11 is 0. The maximum absolute atomic E-state index is 10.1. The molecule has 1 aromatic rings. The lowest BCUT2D eigenvalue weighted by atomic mass is 10.7. The molecule has 1 rings (SSSR count). The van der Waals surface area contributed by atoms with Crippen LogP contribution < -0.4 is 9.32 Å². The lowest BCUT2D eigenvalue weighted by Crippen LogP contribution is -2.07. The van der Waals surface area contributed by atoms with E-state index in [0.29, 0.717) is 0 Å². The van der Waals surface area contributed by atoms with E-state index in [1.807, 2.05) is 0 Å². The van der Waals surface area contributed by atoms with Crippen LogP contribution in [0.25, 0.3) is 0 Å². The van der Waals surface area contributed by atoms with Gasteiger partial charge in [0.15, 0.2) is 0 Å². The Bertz CT molecular complexity index is 287. The van der Waals surface area contributed by atoms with Crippen LogP contribution in [-0.4, -0.2) is 8.42 Å². The molecule has 6 heteroatoms. The summed E-state index contributed by atoms with van der Waals surface area (Å²) in [6.07, 6.45) is 1.25. The second-order valence-electron chi connectivity index (χ2n) is 1.47. The highest BCUT2D eigenvalue weighted by molar-refractivity contribution is 7.84. The molecule has 0 atom stereocenters. The maximum atomic E-state index is 10.1. The van der Waals surface area contributed by atoms with Crippen molar-refractivity contribution in [2.45, 2.75) is 0 Å². The third kappa shape index (κ3) is 2.08. The zero-order chi connectivity index (χ0) is 7.61. The molecule has 1 N–H and O–H groups in total. The SMILES string of the molecule is [NH]S(=O)(=O)Oc1ccco1. The molecular formula is C4H4NO4S. The molecule has 0 spiro atoms. The van der Waals surface area contributed by atoms with Crippen LogP contribution in [0.5, 0.6) is 5.95 Å². The van der Waals surface area contributed by atoms with Crippen molar-refractivity contribution in [1.82, 2.24) is 5.14 Å². The molecule has 0 unspecified atom stereocenters. The van der Waals surface area contributed by atoms with Crippen molar-refractivity contribution in [2.24, 2.45) is 0 Å². The Morgan fingerprint density at radius 1 is 1.60 bits per heavy atom. The first-order valence-electron chi connectivity index (χ1n) is 2.30. The Labute approximate surface area is 57.6 Å². The fraction of sp³-hybridized carbons (Fsp3) is 0. The van der Waals surface area contributed by atoms with Crippen LogP contribution in [0.4, 0.5) is 0 Å². The molecule has 55 valence electrons. The Morgan fingerprint density at radius 3 is 2.70 bits per heavy atom. The number of nitrogens with one attached hydrogen (secondary N) is 1. The Kier molecular flexibility index (Phi) is 1.64. The van der Waals surface area contributed by atoms with E-state index < -0.39 is 10.3 Å². The minimum Gasteiger partial charge on any atom is -0.433 e. The topological polar surface area (TPSA) is 80.3 Å². The maximum Gasteiger partial charge on any atom is 0.399 e. The third-order valence-electron chi connectivity index (χ3n) is 0.687. The van der Waals surface area contributed by atoms with Gasteiger partial charge in [0.2, 0.25) is 0 Å². The van der Waals surface area contributed by atoms with Crippen LogP contribution >= 0.6 is 0 Å². The molecule has 0 fully saturated rings. The van der Waals surface area contributed by atoms with Crippen molar-refractivity contribution in [3.63, 3.8) is 0 Å². The van der Waals surface area contributed by atoms with E-state index in [4.69, 9.17) is 5.14 Å². The first-order chi connectivity index (χ1) is 4.58. The summed E-state index contributed by atoms with van der Waals surface area (Å²) < 4.78 is 28.7. The van der Waals surface area contributed by atoms with E-state index in [9.17, 15) is 8.42 Å². The van der Waals surface area contributed by atoms with Crippen molar-refractivity contribution < 1.29 is 17.0 Å². The Hall–Kier alpha value is -1.01. The van der Waals surface area contributed by atoms with Crippen molar-refractivity contribution in [1.29, 1.82) is 0 Å². The highest BCUT2D eigenvalue weighted by atomic mass is 32.2. The van der Waals surface area contributed by atoms with Gasteiger partial charge in [0.1, 0.15) is 0 Å². The van der Waals surface area contributed by atoms with Crippen molar-refractivity contribution in [3.8, 4) is 5.95 Å². The van der Waals surface area contributed by atoms with Crippen LogP contribution in [-0.2, 0) is 10.3 Å². The van der Waals surface area contributed by atoms with Crippen LogP contribution in [0.1, 0.15) is 0 Å². The van der Waals surface area contributed by atoms with Gasteiger partial charge < -0.3 is 8.60 Å². The van der Waals surface area contributed by atoms with Crippen LogP contribution in [0, 0.1) is 0 Å². The molecule has 0 aliphatic carbocycles. The molecule has 0 aliphatic rings. The molecule has 1 heterocycles. The summed E-state index contributed by atoms with van der Waals surface area (Å²) in [6, 6.07) is 2.76. The van der Waals surface area contributed by atoms with Gasteiger partial charge >= 0.3 is 16.3 Å². The number of hydrogen-bond acceptors (Lipinski definition) is 4. The molecule has 0 aromatic carbocycles. The molecule has 0 bridgehead atoms. The van der Waals surface area contributed by atoms with E-state index in [1.54, 1.807) is 0 Å². The molecule has 0 aliphatic heterocycles. The molecule has 1 aromatic heterocycles. The average molecular weight is 162 g/mol. The summed E-state index contributed by atoms with van der Waals surface area (Å²) in [4.78, 5) is 0. The van der Waals surface area contributed by atoms with Crippen LogP contribution in [0.3, 0.4) is 0 Å². The highest BCUT2D eigenvalue weighted by Gasteiger charge is 2.06. The van der Waals surface area contributed by atoms with Gasteiger partial charge in [-0.15, -0.1) is 5.14 Å².